The Morgan fingerprint density at radius 2 is 2.11 bits per heavy atom. The van der Waals surface area contributed by atoms with Crippen LogP contribution in [0.2, 0.25) is 0 Å². The van der Waals surface area contributed by atoms with E-state index in [2.05, 4.69) is 28.1 Å². The van der Waals surface area contributed by atoms with Crippen LogP contribution in [0.4, 0.5) is 0 Å². The summed E-state index contributed by atoms with van der Waals surface area (Å²) in [4.78, 5) is 12.4. The number of nitrogens with zero attached hydrogens (tertiary/aromatic N) is 3. The molecule has 0 aliphatic carbocycles. The topological polar surface area (TPSA) is 83.8 Å². The molecule has 1 aromatic carbocycles. The zero-order chi connectivity index (χ0) is 19.4. The lowest BCUT2D eigenvalue weighted by Crippen LogP contribution is -2.45. The maximum absolute atomic E-state index is 12.4. The molecule has 1 amide bonds. The minimum atomic E-state index is -3.26. The van der Waals surface area contributed by atoms with Crippen molar-refractivity contribution in [2.75, 3.05) is 18.8 Å². The van der Waals surface area contributed by atoms with Gasteiger partial charge < -0.3 is 4.57 Å². The van der Waals surface area contributed by atoms with Crippen LogP contribution in [0.15, 0.2) is 35.6 Å². The summed E-state index contributed by atoms with van der Waals surface area (Å²) in [7, 11) is -3.26. The van der Waals surface area contributed by atoms with Crippen LogP contribution in [0.3, 0.4) is 0 Å². The van der Waals surface area contributed by atoms with Crippen molar-refractivity contribution in [2.45, 2.75) is 33.2 Å². The molecule has 1 atom stereocenters. The van der Waals surface area contributed by atoms with Gasteiger partial charge in [0.05, 0.1) is 17.9 Å². The van der Waals surface area contributed by atoms with Gasteiger partial charge in [0, 0.05) is 42.3 Å². The van der Waals surface area contributed by atoms with Crippen molar-refractivity contribution < 1.29 is 13.2 Å². The summed E-state index contributed by atoms with van der Waals surface area (Å²) in [5, 5.41) is 5.19. The summed E-state index contributed by atoms with van der Waals surface area (Å²) in [6, 6.07) is 8.05. The van der Waals surface area contributed by atoms with Gasteiger partial charge in [-0.2, -0.15) is 5.10 Å². The Hall–Kier alpha value is -2.19. The first-order valence-electron chi connectivity index (χ1n) is 9.35. The molecule has 27 heavy (non-hydrogen) atoms. The van der Waals surface area contributed by atoms with E-state index in [0.717, 1.165) is 23.0 Å². The van der Waals surface area contributed by atoms with Gasteiger partial charge in [-0.1, -0.05) is 18.2 Å². The number of carbonyl (C=O) groups excluding carboxylic acids is 1. The molecular weight excluding hydrogens is 364 g/mol. The second-order valence-electron chi connectivity index (χ2n) is 6.72. The Labute approximate surface area is 160 Å². The van der Waals surface area contributed by atoms with Crippen LogP contribution in [0.5, 0.6) is 0 Å². The molecule has 146 valence electrons. The average molecular weight is 391 g/mol. The Bertz CT molecular complexity index is 949. The van der Waals surface area contributed by atoms with Gasteiger partial charge >= 0.3 is 0 Å². The van der Waals surface area contributed by atoms with E-state index < -0.39 is 10.0 Å². The van der Waals surface area contributed by atoms with Crippen LogP contribution in [-0.4, -0.2) is 48.3 Å². The molecule has 1 fully saturated rings. The number of hydrazone groups is 1. The predicted octanol–water partition coefficient (Wildman–Crippen LogP) is 2.17. The second kappa shape index (κ2) is 8.22. The van der Waals surface area contributed by atoms with Crippen molar-refractivity contribution in [3.05, 3.63) is 36.0 Å². The highest BCUT2D eigenvalue weighted by Gasteiger charge is 2.31. The molecule has 2 heterocycles. The quantitative estimate of drug-likeness (QED) is 0.606. The third-order valence-corrected chi connectivity index (χ3v) is 6.90. The number of aromatic nitrogens is 1. The molecule has 1 N–H and O–H groups in total. The number of carbonyl (C=O) groups is 1. The minimum Gasteiger partial charge on any atom is -0.347 e. The van der Waals surface area contributed by atoms with Crippen LogP contribution in [-0.2, 0) is 21.4 Å². The zero-order valence-electron chi connectivity index (χ0n) is 15.8. The third-order valence-electron chi connectivity index (χ3n) is 5.05. The highest BCUT2D eigenvalue weighted by Crippen LogP contribution is 2.21. The molecule has 8 heteroatoms. The Morgan fingerprint density at radius 3 is 2.85 bits per heavy atom. The van der Waals surface area contributed by atoms with E-state index in [0.29, 0.717) is 19.4 Å². The van der Waals surface area contributed by atoms with Gasteiger partial charge in [-0.05, 0) is 32.8 Å². The van der Waals surface area contributed by atoms with Crippen molar-refractivity contribution in [1.82, 2.24) is 14.3 Å². The van der Waals surface area contributed by atoms with Gasteiger partial charge in [0.1, 0.15) is 0 Å². The maximum atomic E-state index is 12.4. The number of benzene rings is 1. The number of sulfonamides is 1. The van der Waals surface area contributed by atoms with E-state index in [1.807, 2.05) is 24.4 Å². The number of hydrogen-bond acceptors (Lipinski definition) is 4. The van der Waals surface area contributed by atoms with Gasteiger partial charge in [-0.25, -0.2) is 18.1 Å². The number of aryl methyl sites for hydroxylation is 1. The number of nitrogens with one attached hydrogen (secondary N) is 1. The first-order valence-corrected chi connectivity index (χ1v) is 11.0. The standard InChI is InChI=1S/C19H26N4O3S/c1-3-22-13-16(17-9-5-6-10-18(17)22)12-20-21-19(24)15-8-7-11-23(14-15)27(25,26)4-2/h5-6,9-10,12-13,15H,3-4,7-8,11,14H2,1-2H3,(H,21,24)/b20-12-/t15-/m1/s1. The summed E-state index contributed by atoms with van der Waals surface area (Å²) in [6.07, 6.45) is 5.02. The zero-order valence-corrected chi connectivity index (χ0v) is 16.6. The molecule has 0 spiro atoms. The number of rotatable bonds is 6. The maximum Gasteiger partial charge on any atom is 0.244 e. The predicted molar refractivity (Wildman–Crippen MR) is 107 cm³/mol. The Morgan fingerprint density at radius 1 is 1.33 bits per heavy atom. The van der Waals surface area contributed by atoms with Crippen molar-refractivity contribution in [3.8, 4) is 0 Å². The molecule has 7 nitrogen and oxygen atoms in total. The SMILES string of the molecule is CCn1cc(/C=N\NC(=O)[C@@H]2CCCN(S(=O)(=O)CC)C2)c2ccccc21. The molecule has 0 unspecified atom stereocenters. The first kappa shape index (κ1) is 19.6. The van der Waals surface area contributed by atoms with Crippen molar-refractivity contribution in [1.29, 1.82) is 0 Å². The number of amides is 1. The van der Waals surface area contributed by atoms with Crippen molar-refractivity contribution >= 4 is 33.0 Å². The molecule has 1 aliphatic rings. The van der Waals surface area contributed by atoms with Crippen LogP contribution < -0.4 is 5.43 Å². The lowest BCUT2D eigenvalue weighted by molar-refractivity contribution is -0.126. The summed E-state index contributed by atoms with van der Waals surface area (Å²) < 4.78 is 27.6. The van der Waals surface area contributed by atoms with E-state index >= 15 is 0 Å². The molecule has 0 bridgehead atoms. The van der Waals surface area contributed by atoms with Gasteiger partial charge in [-0.3, -0.25) is 4.79 Å². The van der Waals surface area contributed by atoms with E-state index in [-0.39, 0.29) is 24.1 Å². The average Bonchev–Trinajstić information content (AvgIpc) is 3.06. The minimum absolute atomic E-state index is 0.0565. The Balaban J connectivity index is 1.67. The number of piperidine rings is 1. The van der Waals surface area contributed by atoms with Crippen LogP contribution >= 0.6 is 0 Å². The normalized spacial score (nSPS) is 19.0. The molecule has 1 aliphatic heterocycles. The lowest BCUT2D eigenvalue weighted by Gasteiger charge is -2.30. The van der Waals surface area contributed by atoms with Gasteiger partial charge in [0.25, 0.3) is 0 Å². The molecule has 0 saturated carbocycles. The van der Waals surface area contributed by atoms with E-state index in [9.17, 15) is 13.2 Å². The molecule has 0 radical (unpaired) electrons. The molecule has 3 rings (SSSR count). The van der Waals surface area contributed by atoms with Gasteiger partial charge in [-0.15, -0.1) is 0 Å². The van der Waals surface area contributed by atoms with E-state index in [1.165, 1.54) is 4.31 Å². The fraction of sp³-hybridized carbons (Fsp3) is 0.474. The molecule has 1 saturated heterocycles. The second-order valence-corrected chi connectivity index (χ2v) is 8.98. The van der Waals surface area contributed by atoms with Crippen molar-refractivity contribution in [3.63, 3.8) is 0 Å². The van der Waals surface area contributed by atoms with E-state index in [4.69, 9.17) is 0 Å². The summed E-state index contributed by atoms with van der Waals surface area (Å²) in [5.41, 5.74) is 4.64. The lowest BCUT2D eigenvalue weighted by atomic mass is 9.99. The van der Waals surface area contributed by atoms with Gasteiger partial charge in [0.2, 0.25) is 15.9 Å². The molecule has 2 aromatic rings. The highest BCUT2D eigenvalue weighted by molar-refractivity contribution is 7.89. The fourth-order valence-corrected chi connectivity index (χ4v) is 4.67. The fourth-order valence-electron chi connectivity index (χ4n) is 3.49. The number of para-hydroxylation sites is 1. The highest BCUT2D eigenvalue weighted by atomic mass is 32.2. The summed E-state index contributed by atoms with van der Waals surface area (Å²) in [5.74, 6) is -0.545. The number of hydrogen-bond donors (Lipinski definition) is 1. The molecular formula is C19H26N4O3S. The smallest absolute Gasteiger partial charge is 0.244 e. The van der Waals surface area contributed by atoms with Crippen molar-refractivity contribution in [2.24, 2.45) is 11.0 Å². The molecule has 1 aromatic heterocycles. The third kappa shape index (κ3) is 4.22. The summed E-state index contributed by atoms with van der Waals surface area (Å²) in [6.45, 7) is 5.27. The first-order chi connectivity index (χ1) is 13.0. The van der Waals surface area contributed by atoms with Gasteiger partial charge in [0.15, 0.2) is 0 Å². The van der Waals surface area contributed by atoms with E-state index in [1.54, 1.807) is 13.1 Å². The number of fused-ring (bicyclic) bond motifs is 1. The largest absolute Gasteiger partial charge is 0.347 e. The van der Waals surface area contributed by atoms with Crippen LogP contribution in [0, 0.1) is 5.92 Å². The van der Waals surface area contributed by atoms with Crippen LogP contribution in [0.1, 0.15) is 32.3 Å². The summed E-state index contributed by atoms with van der Waals surface area (Å²) >= 11 is 0. The Kier molecular flexibility index (Phi) is 5.96. The van der Waals surface area contributed by atoms with Crippen LogP contribution in [0.25, 0.3) is 10.9 Å². The monoisotopic (exact) mass is 390 g/mol.